The molecule has 0 amide bonds. The number of unbranched alkanes of at least 4 members (excludes halogenated alkanes) is 4. The average molecular weight is 418 g/mol. The standard InChI is InChI=1S/C20H37N3O6/c1-4-6-8-10-12-27-17-15(22-23-21)20(26)29-18(16(25)14(3)24)19(17)28-13-11-9-7-5-2/h15-20,25-26H,4-13H2,1-3H3/t15-,16?,17-,18-,19+,20?/m1/s1/i12D,13D/t12?,13?,15-,16?,17-,18-,19+,20?. The van der Waals surface area contributed by atoms with E-state index in [0.717, 1.165) is 38.5 Å². The summed E-state index contributed by atoms with van der Waals surface area (Å²) in [5.74, 6) is -0.607. The third-order valence-electron chi connectivity index (χ3n) is 4.84. The van der Waals surface area contributed by atoms with Gasteiger partial charge >= 0.3 is 0 Å². The first-order valence-electron chi connectivity index (χ1n) is 11.6. The van der Waals surface area contributed by atoms with Crippen LogP contribution >= 0.6 is 0 Å². The highest BCUT2D eigenvalue weighted by atomic mass is 16.6. The summed E-state index contributed by atoms with van der Waals surface area (Å²) >= 11 is 0. The lowest BCUT2D eigenvalue weighted by Crippen LogP contribution is -2.62. The van der Waals surface area contributed by atoms with Crippen molar-refractivity contribution in [3.05, 3.63) is 10.4 Å². The van der Waals surface area contributed by atoms with Gasteiger partial charge in [0.15, 0.2) is 12.1 Å². The van der Waals surface area contributed by atoms with Gasteiger partial charge in [0, 0.05) is 18.1 Å². The molecule has 0 aromatic carbocycles. The molecule has 0 saturated carbocycles. The minimum Gasteiger partial charge on any atom is -0.382 e. The summed E-state index contributed by atoms with van der Waals surface area (Å²) in [6, 6.07) is -1.26. The molecule has 9 heteroatoms. The van der Waals surface area contributed by atoms with Crippen molar-refractivity contribution in [1.29, 1.82) is 0 Å². The fraction of sp³-hybridized carbons (Fsp3) is 0.950. The van der Waals surface area contributed by atoms with Crippen LogP contribution in [0.3, 0.4) is 0 Å². The summed E-state index contributed by atoms with van der Waals surface area (Å²) in [4.78, 5) is 14.6. The molecular weight excluding hydrogens is 378 g/mol. The molecule has 2 N–H and O–H groups in total. The van der Waals surface area contributed by atoms with Crippen molar-refractivity contribution >= 4 is 5.78 Å². The van der Waals surface area contributed by atoms with Gasteiger partial charge in [0.05, 0.1) is 8.85 Å². The third kappa shape index (κ3) is 8.58. The smallest absolute Gasteiger partial charge is 0.166 e. The molecule has 0 aromatic rings. The number of carbonyl (C=O) groups is 1. The molecule has 8 atom stereocenters. The normalized spacial score (nSPS) is 31.1. The van der Waals surface area contributed by atoms with Gasteiger partial charge in [0.25, 0.3) is 0 Å². The van der Waals surface area contributed by atoms with E-state index in [0.29, 0.717) is 12.8 Å². The van der Waals surface area contributed by atoms with Gasteiger partial charge in [-0.15, -0.1) is 0 Å². The van der Waals surface area contributed by atoms with Crippen LogP contribution in [0.1, 0.15) is 74.9 Å². The van der Waals surface area contributed by atoms with Gasteiger partial charge in [0.1, 0.15) is 24.4 Å². The largest absolute Gasteiger partial charge is 0.382 e. The van der Waals surface area contributed by atoms with Gasteiger partial charge in [-0.3, -0.25) is 4.79 Å². The number of Topliss-reactive ketones (excluding diaryl/α,β-unsaturated/α-hetero) is 1. The zero-order valence-electron chi connectivity index (χ0n) is 19.6. The quantitative estimate of drug-likeness (QED) is 0.182. The highest BCUT2D eigenvalue weighted by Gasteiger charge is 2.49. The van der Waals surface area contributed by atoms with Crippen LogP contribution in [0.4, 0.5) is 0 Å². The van der Waals surface area contributed by atoms with Crippen molar-refractivity contribution in [3.63, 3.8) is 0 Å². The topological polar surface area (TPSA) is 134 Å². The molecule has 1 rings (SSSR count). The summed E-state index contributed by atoms with van der Waals surface area (Å²) in [5, 5.41) is 24.3. The van der Waals surface area contributed by atoms with E-state index in [9.17, 15) is 15.0 Å². The zero-order valence-corrected chi connectivity index (χ0v) is 17.6. The molecule has 1 heterocycles. The van der Waals surface area contributed by atoms with E-state index in [4.69, 9.17) is 22.5 Å². The second-order valence-corrected chi connectivity index (χ2v) is 7.27. The number of nitrogens with zero attached hydrogens (tertiary/aromatic N) is 3. The van der Waals surface area contributed by atoms with Gasteiger partial charge in [-0.1, -0.05) is 57.5 Å². The van der Waals surface area contributed by atoms with E-state index in [-0.39, 0.29) is 0 Å². The Labute approximate surface area is 176 Å². The molecule has 0 bridgehead atoms. The number of hydrogen-bond donors (Lipinski definition) is 2. The number of hydrogen-bond acceptors (Lipinski definition) is 7. The van der Waals surface area contributed by atoms with Crippen LogP contribution in [0.25, 0.3) is 10.4 Å². The van der Waals surface area contributed by atoms with Gasteiger partial charge in [-0.25, -0.2) is 0 Å². The number of ketones is 1. The predicted molar refractivity (Wildman–Crippen MR) is 108 cm³/mol. The Hall–Kier alpha value is -1.22. The number of aliphatic hydroxyl groups excluding tert-OH is 2. The molecule has 1 fully saturated rings. The summed E-state index contributed by atoms with van der Waals surface area (Å²) in [7, 11) is 0. The Morgan fingerprint density at radius 1 is 1.14 bits per heavy atom. The maximum Gasteiger partial charge on any atom is 0.166 e. The van der Waals surface area contributed by atoms with Gasteiger partial charge in [0.2, 0.25) is 0 Å². The molecule has 29 heavy (non-hydrogen) atoms. The first-order chi connectivity index (χ1) is 14.8. The maximum absolute atomic E-state index is 11.8. The second kappa shape index (κ2) is 14.7. The molecule has 9 nitrogen and oxygen atoms in total. The molecule has 1 saturated heterocycles. The fourth-order valence-corrected chi connectivity index (χ4v) is 3.16. The van der Waals surface area contributed by atoms with Gasteiger partial charge in [-0.05, 0) is 25.3 Å². The van der Waals surface area contributed by atoms with E-state index < -0.39 is 55.7 Å². The third-order valence-corrected chi connectivity index (χ3v) is 4.84. The van der Waals surface area contributed by atoms with E-state index >= 15 is 0 Å². The Morgan fingerprint density at radius 3 is 2.17 bits per heavy atom. The first-order valence-corrected chi connectivity index (χ1v) is 10.5. The van der Waals surface area contributed by atoms with Crippen LogP contribution in [0, 0.1) is 0 Å². The molecule has 0 spiro atoms. The van der Waals surface area contributed by atoms with E-state index in [1.165, 1.54) is 6.92 Å². The van der Waals surface area contributed by atoms with Crippen LogP contribution in [0.2, 0.25) is 0 Å². The number of azide groups is 1. The summed E-state index contributed by atoms with van der Waals surface area (Å²) in [5.41, 5.74) is 8.94. The minimum atomic E-state index is -1.66. The summed E-state index contributed by atoms with van der Waals surface area (Å²) < 4.78 is 33.5. The summed E-state index contributed by atoms with van der Waals surface area (Å²) in [6.45, 7) is 3.25. The highest BCUT2D eigenvalue weighted by Crippen LogP contribution is 2.30. The van der Waals surface area contributed by atoms with Gasteiger partial charge in [-0.2, -0.15) is 0 Å². The Morgan fingerprint density at radius 2 is 1.69 bits per heavy atom. The van der Waals surface area contributed by atoms with E-state index in [1.54, 1.807) is 0 Å². The fourth-order valence-electron chi connectivity index (χ4n) is 3.16. The van der Waals surface area contributed by atoms with Crippen molar-refractivity contribution in [2.24, 2.45) is 5.11 Å². The molecule has 1 aliphatic heterocycles. The molecule has 0 aromatic heterocycles. The Kier molecular flexibility index (Phi) is 11.4. The minimum absolute atomic E-state index is 0.412. The van der Waals surface area contributed by atoms with Crippen molar-refractivity contribution < 1.29 is 32.0 Å². The maximum atomic E-state index is 11.8. The lowest BCUT2D eigenvalue weighted by molar-refractivity contribution is -0.275. The van der Waals surface area contributed by atoms with Crippen LogP contribution in [-0.4, -0.2) is 65.9 Å². The van der Waals surface area contributed by atoms with Gasteiger partial charge < -0.3 is 24.4 Å². The number of rotatable bonds is 15. The zero-order chi connectivity index (χ0) is 23.4. The molecule has 4 unspecified atom stereocenters. The average Bonchev–Trinajstić information content (AvgIpc) is 2.72. The molecule has 1 aliphatic rings. The Bertz CT molecular complexity index is 581. The monoisotopic (exact) mass is 417 g/mol. The van der Waals surface area contributed by atoms with Crippen molar-refractivity contribution in [2.45, 2.75) is 109 Å². The first kappa shape index (κ1) is 22.5. The summed E-state index contributed by atoms with van der Waals surface area (Å²) in [6.07, 6.45) is -0.841. The molecule has 0 aliphatic carbocycles. The number of carbonyl (C=O) groups excluding carboxylic acids is 1. The predicted octanol–water partition coefficient (Wildman–Crippen LogP) is 3.26. The van der Waals surface area contributed by atoms with E-state index in [1.807, 2.05) is 13.8 Å². The van der Waals surface area contributed by atoms with Crippen LogP contribution in [-0.2, 0) is 19.0 Å². The lowest BCUT2D eigenvalue weighted by atomic mass is 9.92. The number of aliphatic hydroxyl groups is 2. The Balaban J connectivity index is 3.14. The molecule has 0 radical (unpaired) electrons. The molecule has 168 valence electrons. The number of ether oxygens (including phenoxy) is 3. The highest BCUT2D eigenvalue weighted by molar-refractivity contribution is 5.80. The van der Waals surface area contributed by atoms with E-state index in [2.05, 4.69) is 10.0 Å². The molecular formula is C20H37N3O6. The van der Waals surface area contributed by atoms with Crippen LogP contribution < -0.4 is 0 Å². The second-order valence-electron chi connectivity index (χ2n) is 7.27. The van der Waals surface area contributed by atoms with Crippen molar-refractivity contribution in [3.8, 4) is 0 Å². The van der Waals surface area contributed by atoms with Crippen LogP contribution in [0.15, 0.2) is 5.11 Å². The SMILES string of the molecule is [2H]C(CCCCC)O[C@H]1[C@H](OC([2H])CCCCC)[C@@H](N=[N+]=[N-])C(O)O[C@@H]1C(O)C(C)=O. The van der Waals surface area contributed by atoms with Crippen molar-refractivity contribution in [2.75, 3.05) is 13.2 Å². The van der Waals surface area contributed by atoms with Crippen molar-refractivity contribution in [1.82, 2.24) is 0 Å². The van der Waals surface area contributed by atoms with Crippen LogP contribution in [0.5, 0.6) is 0 Å². The lowest BCUT2D eigenvalue weighted by Gasteiger charge is -2.44.